The predicted octanol–water partition coefficient (Wildman–Crippen LogP) is 3.27. The van der Waals surface area contributed by atoms with Crippen LogP contribution in [0.2, 0.25) is 0 Å². The molecule has 0 N–H and O–H groups in total. The van der Waals surface area contributed by atoms with E-state index in [0.29, 0.717) is 6.04 Å². The molecule has 1 aliphatic heterocycles. The van der Waals surface area contributed by atoms with E-state index >= 15 is 0 Å². The molecule has 2 fully saturated rings. The van der Waals surface area contributed by atoms with Crippen molar-refractivity contribution < 1.29 is 0 Å². The van der Waals surface area contributed by atoms with E-state index in [1.54, 1.807) is 0 Å². The summed E-state index contributed by atoms with van der Waals surface area (Å²) in [6.07, 6.45) is 8.51. The summed E-state index contributed by atoms with van der Waals surface area (Å²) in [5, 5.41) is 0. The molecule has 1 saturated heterocycles. The Hall–Kier alpha value is 0.250. The summed E-state index contributed by atoms with van der Waals surface area (Å²) in [4.78, 5) is 2.71. The van der Waals surface area contributed by atoms with Crippen molar-refractivity contribution in [3.8, 4) is 0 Å². The fraction of sp³-hybridized carbons (Fsp3) is 1.00. The molecule has 2 heteroatoms. The maximum absolute atomic E-state index is 6.07. The third-order valence-electron chi connectivity index (χ3n) is 4.13. The Morgan fingerprint density at radius 1 is 1.14 bits per heavy atom. The van der Waals surface area contributed by atoms with Crippen LogP contribution in [0.25, 0.3) is 0 Å². The second-order valence-corrected chi connectivity index (χ2v) is 5.33. The quantitative estimate of drug-likeness (QED) is 0.640. The van der Waals surface area contributed by atoms with Crippen molar-refractivity contribution in [1.29, 1.82) is 0 Å². The van der Waals surface area contributed by atoms with Gasteiger partial charge >= 0.3 is 0 Å². The molecule has 2 aliphatic rings. The van der Waals surface area contributed by atoms with Crippen LogP contribution in [0.1, 0.15) is 45.4 Å². The Kier molecular flexibility index (Phi) is 3.73. The zero-order chi connectivity index (χ0) is 9.97. The Balaban J connectivity index is 1.95. The highest BCUT2D eigenvalue weighted by Gasteiger charge is 2.35. The number of alkyl halides is 1. The van der Waals surface area contributed by atoms with Gasteiger partial charge in [-0.2, -0.15) is 0 Å². The van der Waals surface area contributed by atoms with E-state index in [1.807, 2.05) is 0 Å². The van der Waals surface area contributed by atoms with Crippen molar-refractivity contribution in [1.82, 2.24) is 4.90 Å². The molecular formula is C12H22ClN. The molecule has 0 spiro atoms. The smallest absolute Gasteiger partial charge is 0.0382 e. The third kappa shape index (κ3) is 2.09. The standard InChI is InChI=1S/C12H22ClN/c1-10-7-8-14(12(10)9-13)11-5-3-2-4-6-11/h10-12H,2-9H2,1H3. The summed E-state index contributed by atoms with van der Waals surface area (Å²) in [6, 6.07) is 1.53. The van der Waals surface area contributed by atoms with Gasteiger partial charge in [-0.1, -0.05) is 26.2 Å². The lowest BCUT2D eigenvalue weighted by Crippen LogP contribution is -2.42. The number of hydrogen-bond donors (Lipinski definition) is 0. The number of halogens is 1. The zero-order valence-electron chi connectivity index (χ0n) is 9.21. The second kappa shape index (κ2) is 4.85. The van der Waals surface area contributed by atoms with Crippen LogP contribution in [0, 0.1) is 5.92 Å². The van der Waals surface area contributed by atoms with Gasteiger partial charge in [-0.05, 0) is 31.7 Å². The highest BCUT2D eigenvalue weighted by molar-refractivity contribution is 6.18. The third-order valence-corrected chi connectivity index (χ3v) is 4.44. The summed E-state index contributed by atoms with van der Waals surface area (Å²) in [5.74, 6) is 1.65. The molecule has 0 bridgehead atoms. The molecule has 0 aromatic heterocycles. The monoisotopic (exact) mass is 215 g/mol. The number of hydrogen-bond acceptors (Lipinski definition) is 1. The highest BCUT2D eigenvalue weighted by Crippen LogP contribution is 2.32. The van der Waals surface area contributed by atoms with E-state index in [2.05, 4.69) is 11.8 Å². The summed E-state index contributed by atoms with van der Waals surface area (Å²) in [6.45, 7) is 3.65. The maximum atomic E-state index is 6.07. The summed E-state index contributed by atoms with van der Waals surface area (Å²) >= 11 is 6.07. The molecular weight excluding hydrogens is 194 g/mol. The van der Waals surface area contributed by atoms with Crippen molar-refractivity contribution in [3.63, 3.8) is 0 Å². The fourth-order valence-electron chi connectivity index (χ4n) is 3.14. The first-order valence-corrected chi connectivity index (χ1v) is 6.68. The van der Waals surface area contributed by atoms with E-state index in [-0.39, 0.29) is 0 Å². The van der Waals surface area contributed by atoms with Crippen molar-refractivity contribution >= 4 is 11.6 Å². The maximum Gasteiger partial charge on any atom is 0.0382 e. The van der Waals surface area contributed by atoms with E-state index in [0.717, 1.165) is 17.8 Å². The van der Waals surface area contributed by atoms with Crippen molar-refractivity contribution in [2.45, 2.75) is 57.5 Å². The van der Waals surface area contributed by atoms with Gasteiger partial charge in [0.2, 0.25) is 0 Å². The first kappa shape index (κ1) is 10.8. The molecule has 1 aliphatic carbocycles. The summed E-state index contributed by atoms with van der Waals surface area (Å²) < 4.78 is 0. The number of rotatable bonds is 2. The fourth-order valence-corrected chi connectivity index (χ4v) is 3.63. The van der Waals surface area contributed by atoms with Gasteiger partial charge in [0.25, 0.3) is 0 Å². The van der Waals surface area contributed by atoms with Crippen LogP contribution in [0.4, 0.5) is 0 Å². The predicted molar refractivity (Wildman–Crippen MR) is 61.9 cm³/mol. The average Bonchev–Trinajstić information content (AvgIpc) is 2.61. The molecule has 14 heavy (non-hydrogen) atoms. The molecule has 1 nitrogen and oxygen atoms in total. The van der Waals surface area contributed by atoms with Gasteiger partial charge in [0, 0.05) is 18.0 Å². The Labute approximate surface area is 92.8 Å². The van der Waals surface area contributed by atoms with Crippen molar-refractivity contribution in [2.75, 3.05) is 12.4 Å². The largest absolute Gasteiger partial charge is 0.296 e. The van der Waals surface area contributed by atoms with Gasteiger partial charge in [-0.3, -0.25) is 4.90 Å². The first-order valence-electron chi connectivity index (χ1n) is 6.14. The molecule has 2 unspecified atom stereocenters. The Morgan fingerprint density at radius 3 is 2.50 bits per heavy atom. The molecule has 0 amide bonds. The number of likely N-dealkylation sites (tertiary alicyclic amines) is 1. The van der Waals surface area contributed by atoms with Gasteiger partial charge in [-0.15, -0.1) is 11.6 Å². The molecule has 2 atom stereocenters. The summed E-state index contributed by atoms with van der Waals surface area (Å²) in [5.41, 5.74) is 0. The van der Waals surface area contributed by atoms with Gasteiger partial charge < -0.3 is 0 Å². The molecule has 1 saturated carbocycles. The molecule has 82 valence electrons. The average molecular weight is 216 g/mol. The summed E-state index contributed by atoms with van der Waals surface area (Å²) in [7, 11) is 0. The lowest BCUT2D eigenvalue weighted by Gasteiger charge is -2.35. The zero-order valence-corrected chi connectivity index (χ0v) is 9.97. The van der Waals surface area contributed by atoms with Crippen LogP contribution in [0.3, 0.4) is 0 Å². The molecule has 0 aromatic rings. The normalized spacial score (nSPS) is 36.4. The van der Waals surface area contributed by atoms with E-state index in [1.165, 1.54) is 45.1 Å². The molecule has 2 rings (SSSR count). The first-order chi connectivity index (χ1) is 6.83. The lowest BCUT2D eigenvalue weighted by molar-refractivity contribution is 0.141. The van der Waals surface area contributed by atoms with Gasteiger partial charge in [0.15, 0.2) is 0 Å². The molecule has 0 radical (unpaired) electrons. The minimum atomic E-state index is 0.666. The number of nitrogens with zero attached hydrogens (tertiary/aromatic N) is 1. The van der Waals surface area contributed by atoms with Crippen LogP contribution >= 0.6 is 11.6 Å². The second-order valence-electron chi connectivity index (χ2n) is 5.02. The topological polar surface area (TPSA) is 3.24 Å². The van der Waals surface area contributed by atoms with E-state index in [4.69, 9.17) is 11.6 Å². The minimum Gasteiger partial charge on any atom is -0.296 e. The van der Waals surface area contributed by atoms with Crippen LogP contribution in [0.15, 0.2) is 0 Å². The van der Waals surface area contributed by atoms with E-state index in [9.17, 15) is 0 Å². The Morgan fingerprint density at radius 2 is 1.86 bits per heavy atom. The minimum absolute atomic E-state index is 0.666. The van der Waals surface area contributed by atoms with Crippen LogP contribution in [-0.4, -0.2) is 29.4 Å². The van der Waals surface area contributed by atoms with E-state index < -0.39 is 0 Å². The van der Waals surface area contributed by atoms with Crippen LogP contribution < -0.4 is 0 Å². The van der Waals surface area contributed by atoms with Gasteiger partial charge in [-0.25, -0.2) is 0 Å². The van der Waals surface area contributed by atoms with Gasteiger partial charge in [0.1, 0.15) is 0 Å². The van der Waals surface area contributed by atoms with Gasteiger partial charge in [0.05, 0.1) is 0 Å². The molecule has 1 heterocycles. The van der Waals surface area contributed by atoms with Crippen molar-refractivity contribution in [3.05, 3.63) is 0 Å². The highest BCUT2D eigenvalue weighted by atomic mass is 35.5. The van der Waals surface area contributed by atoms with Crippen LogP contribution in [0.5, 0.6) is 0 Å². The Bertz CT molecular complexity index is 177. The van der Waals surface area contributed by atoms with Crippen molar-refractivity contribution in [2.24, 2.45) is 5.92 Å². The van der Waals surface area contributed by atoms with Crippen LogP contribution in [-0.2, 0) is 0 Å². The molecule has 0 aromatic carbocycles. The lowest BCUT2D eigenvalue weighted by atomic mass is 9.93. The SMILES string of the molecule is CC1CCN(C2CCCCC2)C1CCl.